The molecule has 0 heterocycles. The molecule has 0 fully saturated rings. The first kappa shape index (κ1) is 51.8. The maximum atomic E-state index is 13.1. The maximum absolute atomic E-state index is 13.1. The van der Waals surface area contributed by atoms with Crippen LogP contribution in [0.3, 0.4) is 0 Å². The predicted molar refractivity (Wildman–Crippen MR) is 232 cm³/mol. The highest BCUT2D eigenvalue weighted by Gasteiger charge is 2.24. The highest BCUT2D eigenvalue weighted by molar-refractivity contribution is 5.77. The molecule has 6 nitrogen and oxygen atoms in total. The molecule has 0 aromatic carbocycles. The number of carbonyl (C=O) groups is 2. The Morgan fingerprint density at radius 3 is 1.48 bits per heavy atom. The molecule has 0 aliphatic rings. The first-order chi connectivity index (χ1) is 26.5. The Hall–Kier alpha value is -2.18. The number of esters is 1. The van der Waals surface area contributed by atoms with Gasteiger partial charge in [-0.05, 0) is 38.5 Å². The van der Waals surface area contributed by atoms with Crippen LogP contribution in [0.4, 0.5) is 0 Å². The van der Waals surface area contributed by atoms with Crippen LogP contribution in [0.25, 0.3) is 0 Å². The van der Waals surface area contributed by atoms with E-state index in [1.807, 2.05) is 36.5 Å². The minimum Gasteiger partial charge on any atom is -0.462 e. The zero-order valence-electron chi connectivity index (χ0n) is 35.6. The first-order valence-corrected chi connectivity index (χ1v) is 22.9. The molecule has 0 spiro atoms. The lowest BCUT2D eigenvalue weighted by atomic mass is 10.0. The second kappa shape index (κ2) is 42.0. The lowest BCUT2D eigenvalue weighted by molar-refractivity contribution is -0.151. The van der Waals surface area contributed by atoms with E-state index in [0.717, 1.165) is 57.8 Å². The van der Waals surface area contributed by atoms with Crippen molar-refractivity contribution in [3.63, 3.8) is 0 Å². The quantitative estimate of drug-likeness (QED) is 0.0329. The number of aliphatic hydroxyl groups is 2. The smallest absolute Gasteiger partial charge is 0.306 e. The highest BCUT2D eigenvalue weighted by atomic mass is 16.5. The Morgan fingerprint density at radius 1 is 0.556 bits per heavy atom. The third kappa shape index (κ3) is 36.8. The molecule has 0 aromatic rings. The molecule has 314 valence electrons. The number of amides is 1. The van der Waals surface area contributed by atoms with Crippen molar-refractivity contribution < 1.29 is 24.5 Å². The molecular weight excluding hydrogens is 671 g/mol. The summed E-state index contributed by atoms with van der Waals surface area (Å²) in [5.41, 5.74) is 0. The van der Waals surface area contributed by atoms with Gasteiger partial charge in [-0.2, -0.15) is 0 Å². The van der Waals surface area contributed by atoms with Crippen LogP contribution in [0.15, 0.2) is 48.6 Å². The molecule has 0 bridgehead atoms. The number of carbonyl (C=O) groups excluding carboxylic acids is 2. The Bertz CT molecular complexity index is 941. The van der Waals surface area contributed by atoms with Crippen molar-refractivity contribution in [3.8, 4) is 0 Å². The fourth-order valence-electron chi connectivity index (χ4n) is 6.80. The summed E-state index contributed by atoms with van der Waals surface area (Å²) in [4.78, 5) is 25.9. The van der Waals surface area contributed by atoms with Crippen LogP contribution >= 0.6 is 0 Å². The molecule has 3 unspecified atom stereocenters. The Balaban J connectivity index is 4.61. The SMILES string of the molecule is CC/C=C/C=C/C=C\C=C/CCCC(CC(=O)NC(CO)C(O)CCCCCCCCCCCCCCCC)OC(=O)CCCCCCCCCCCC. The average Bonchev–Trinajstić information content (AvgIpc) is 3.16. The molecule has 0 saturated heterocycles. The van der Waals surface area contributed by atoms with Gasteiger partial charge in [0.1, 0.15) is 6.10 Å². The van der Waals surface area contributed by atoms with E-state index < -0.39 is 18.2 Å². The van der Waals surface area contributed by atoms with Crippen molar-refractivity contribution in [1.29, 1.82) is 0 Å². The third-order valence-corrected chi connectivity index (χ3v) is 10.3. The number of aliphatic hydroxyl groups excluding tert-OH is 2. The summed E-state index contributed by atoms with van der Waals surface area (Å²) in [6, 6.07) is -0.719. The van der Waals surface area contributed by atoms with Gasteiger partial charge in [0.15, 0.2) is 0 Å². The maximum Gasteiger partial charge on any atom is 0.306 e. The van der Waals surface area contributed by atoms with Crippen LogP contribution in [0.1, 0.15) is 220 Å². The van der Waals surface area contributed by atoms with Crippen molar-refractivity contribution in [1.82, 2.24) is 5.32 Å². The second-order valence-corrected chi connectivity index (χ2v) is 15.5. The molecule has 0 rings (SSSR count). The molecule has 0 aliphatic heterocycles. The van der Waals surface area contributed by atoms with Crippen molar-refractivity contribution in [2.24, 2.45) is 0 Å². The van der Waals surface area contributed by atoms with Gasteiger partial charge < -0.3 is 20.3 Å². The van der Waals surface area contributed by atoms with Crippen LogP contribution in [0, 0.1) is 0 Å². The van der Waals surface area contributed by atoms with Gasteiger partial charge in [-0.1, -0.05) is 217 Å². The van der Waals surface area contributed by atoms with E-state index in [2.05, 4.69) is 38.2 Å². The lowest BCUT2D eigenvalue weighted by Gasteiger charge is -2.24. The summed E-state index contributed by atoms with van der Waals surface area (Å²) in [5, 5.41) is 23.6. The number of rotatable bonds is 40. The number of allylic oxidation sites excluding steroid dienone is 8. The van der Waals surface area contributed by atoms with Crippen LogP contribution in [-0.4, -0.2) is 46.9 Å². The first-order valence-electron chi connectivity index (χ1n) is 22.9. The van der Waals surface area contributed by atoms with Crippen molar-refractivity contribution in [2.75, 3.05) is 6.61 Å². The van der Waals surface area contributed by atoms with Gasteiger partial charge in [0.25, 0.3) is 0 Å². The van der Waals surface area contributed by atoms with Crippen molar-refractivity contribution in [2.45, 2.75) is 238 Å². The van der Waals surface area contributed by atoms with Gasteiger partial charge in [-0.3, -0.25) is 9.59 Å². The van der Waals surface area contributed by atoms with E-state index in [1.165, 1.54) is 116 Å². The number of hydrogen-bond donors (Lipinski definition) is 3. The molecule has 6 heteroatoms. The van der Waals surface area contributed by atoms with Crippen LogP contribution in [-0.2, 0) is 14.3 Å². The van der Waals surface area contributed by atoms with Crippen LogP contribution in [0.5, 0.6) is 0 Å². The van der Waals surface area contributed by atoms with Crippen molar-refractivity contribution >= 4 is 11.9 Å². The summed E-state index contributed by atoms with van der Waals surface area (Å²) in [6.45, 7) is 6.30. The fourth-order valence-corrected chi connectivity index (χ4v) is 6.80. The van der Waals surface area contributed by atoms with Gasteiger partial charge in [0, 0.05) is 6.42 Å². The topological polar surface area (TPSA) is 95.9 Å². The standard InChI is InChI=1S/C48H87NO5/c1-4-7-10-13-16-19-22-23-24-26-28-31-34-37-40-46(51)45(43-50)49-47(52)42-44(39-36-33-30-27-25-20-17-14-11-8-5-2)54-48(53)41-38-35-32-29-21-18-15-12-9-6-3/h8,11,14,17,20,25,27,30,44-46,50-51H,4-7,9-10,12-13,15-16,18-19,21-24,26,28-29,31-43H2,1-3H3,(H,49,52)/b11-8+,17-14+,25-20-,30-27-. The lowest BCUT2D eigenvalue weighted by Crippen LogP contribution is -2.46. The summed E-state index contributed by atoms with van der Waals surface area (Å²) >= 11 is 0. The van der Waals surface area contributed by atoms with Gasteiger partial charge >= 0.3 is 5.97 Å². The van der Waals surface area contributed by atoms with E-state index in [-0.39, 0.29) is 24.9 Å². The van der Waals surface area contributed by atoms with Crippen LogP contribution in [0.2, 0.25) is 0 Å². The van der Waals surface area contributed by atoms with Gasteiger partial charge in [0.05, 0.1) is 25.2 Å². The van der Waals surface area contributed by atoms with E-state index in [1.54, 1.807) is 0 Å². The van der Waals surface area contributed by atoms with Gasteiger partial charge in [-0.15, -0.1) is 0 Å². The highest BCUT2D eigenvalue weighted by Crippen LogP contribution is 2.17. The molecule has 3 N–H and O–H groups in total. The normalized spacial score (nSPS) is 13.8. The average molecular weight is 758 g/mol. The molecule has 0 radical (unpaired) electrons. The van der Waals surface area contributed by atoms with Crippen LogP contribution < -0.4 is 5.32 Å². The number of nitrogens with one attached hydrogen (secondary N) is 1. The van der Waals surface area contributed by atoms with Gasteiger partial charge in [0.2, 0.25) is 5.91 Å². The summed E-state index contributed by atoms with van der Waals surface area (Å²) in [5.74, 6) is -0.542. The Morgan fingerprint density at radius 2 is 1.00 bits per heavy atom. The molecule has 0 aliphatic carbocycles. The molecule has 1 amide bonds. The second-order valence-electron chi connectivity index (χ2n) is 15.5. The van der Waals surface area contributed by atoms with E-state index in [9.17, 15) is 19.8 Å². The molecule has 0 aromatic heterocycles. The van der Waals surface area contributed by atoms with E-state index in [4.69, 9.17) is 4.74 Å². The zero-order valence-corrected chi connectivity index (χ0v) is 35.6. The molecule has 0 saturated carbocycles. The molecule has 54 heavy (non-hydrogen) atoms. The third-order valence-electron chi connectivity index (χ3n) is 10.3. The molecule has 3 atom stereocenters. The van der Waals surface area contributed by atoms with E-state index >= 15 is 0 Å². The Labute approximate surface area is 334 Å². The van der Waals surface area contributed by atoms with Crippen molar-refractivity contribution in [3.05, 3.63) is 48.6 Å². The summed E-state index contributed by atoms with van der Waals surface area (Å²) in [6.07, 6.45) is 48.9. The zero-order chi connectivity index (χ0) is 39.6. The molecular formula is C48H87NO5. The monoisotopic (exact) mass is 758 g/mol. The Kier molecular flexibility index (Phi) is 40.3. The minimum absolute atomic E-state index is 0.0333. The number of ether oxygens (including phenoxy) is 1. The summed E-state index contributed by atoms with van der Waals surface area (Å²) < 4.78 is 5.85. The number of unbranched alkanes of at least 4 members (excludes halogenated alkanes) is 23. The number of hydrogen-bond acceptors (Lipinski definition) is 5. The largest absolute Gasteiger partial charge is 0.462 e. The minimum atomic E-state index is -0.802. The van der Waals surface area contributed by atoms with Gasteiger partial charge in [-0.25, -0.2) is 0 Å². The van der Waals surface area contributed by atoms with E-state index in [0.29, 0.717) is 19.3 Å². The fraction of sp³-hybridized carbons (Fsp3) is 0.792. The summed E-state index contributed by atoms with van der Waals surface area (Å²) in [7, 11) is 0. The predicted octanol–water partition coefficient (Wildman–Crippen LogP) is 13.1.